The number of aromatic nitrogens is 2. The van der Waals surface area contributed by atoms with E-state index < -0.39 is 17.9 Å². The first-order chi connectivity index (χ1) is 19.2. The number of carbonyl (C=O) groups excluding carboxylic acids is 3. The summed E-state index contributed by atoms with van der Waals surface area (Å²) in [6.45, 7) is 0. The first-order valence-electron chi connectivity index (χ1n) is 11.7. The lowest BCUT2D eigenvalue weighted by Gasteiger charge is -2.17. The van der Waals surface area contributed by atoms with Gasteiger partial charge in [0.1, 0.15) is 0 Å². The molecule has 2 aromatic heterocycles. The molecule has 198 valence electrons. The van der Waals surface area contributed by atoms with Crippen molar-refractivity contribution >= 4 is 96.1 Å². The van der Waals surface area contributed by atoms with Crippen molar-refractivity contribution in [3.63, 3.8) is 0 Å². The van der Waals surface area contributed by atoms with Gasteiger partial charge in [-0.3, -0.25) is 9.97 Å². The van der Waals surface area contributed by atoms with Crippen LogP contribution < -0.4 is 4.74 Å². The zero-order valence-corrected chi connectivity index (χ0v) is 22.9. The van der Waals surface area contributed by atoms with Crippen LogP contribution in [0.5, 0.6) is 5.75 Å². The monoisotopic (exact) mass is 592 g/mol. The van der Waals surface area contributed by atoms with Crippen LogP contribution in [-0.4, -0.2) is 42.1 Å². The molecule has 0 aliphatic rings. The Morgan fingerprint density at radius 1 is 0.650 bits per heavy atom. The lowest BCUT2D eigenvalue weighted by atomic mass is 9.90. The molecule has 2 heterocycles. The first kappa shape index (κ1) is 26.0. The zero-order valence-electron chi connectivity index (χ0n) is 20.7. The van der Waals surface area contributed by atoms with Crippen molar-refractivity contribution < 1.29 is 28.6 Å². The number of nitrogens with zero attached hydrogens (tertiary/aromatic N) is 2. The highest BCUT2D eigenvalue weighted by Crippen LogP contribution is 2.42. The second-order valence-corrected chi connectivity index (χ2v) is 10.0. The highest BCUT2D eigenvalue weighted by Gasteiger charge is 2.27. The number of halogens is 3. The van der Waals surface area contributed by atoms with Crippen molar-refractivity contribution in [2.24, 2.45) is 0 Å². The molecule has 4 aromatic carbocycles. The standard InChI is InChI=1S/C29H15Cl3N2O6/c1-38-27(35)17-10-33-24-15-6-7-16(29(37)40-26-19(31)8-12(30)9-20(26)32)21-18(28(36)39-2)11-34-25(23(15)21)14-5-3-4-13(17)22(14)24/h3-11H,1-2H3. The second-order valence-electron chi connectivity index (χ2n) is 8.75. The van der Waals surface area contributed by atoms with Crippen LogP contribution in [0.3, 0.4) is 0 Å². The molecule has 0 saturated carbocycles. The normalized spacial score (nSPS) is 11.4. The van der Waals surface area contributed by atoms with Crippen LogP contribution in [0.4, 0.5) is 0 Å². The van der Waals surface area contributed by atoms with Gasteiger partial charge in [0.25, 0.3) is 0 Å². The molecule has 11 heteroatoms. The molecule has 0 N–H and O–H groups in total. The summed E-state index contributed by atoms with van der Waals surface area (Å²) >= 11 is 18.5. The van der Waals surface area contributed by atoms with Crippen LogP contribution >= 0.6 is 34.8 Å². The minimum Gasteiger partial charge on any atom is -0.465 e. The van der Waals surface area contributed by atoms with Crippen molar-refractivity contribution in [1.29, 1.82) is 0 Å². The quantitative estimate of drug-likeness (QED) is 0.0909. The smallest absolute Gasteiger partial charge is 0.344 e. The van der Waals surface area contributed by atoms with E-state index in [9.17, 15) is 14.4 Å². The molecular formula is C29H15Cl3N2O6. The Morgan fingerprint density at radius 3 is 1.90 bits per heavy atom. The number of pyridine rings is 2. The Hall–Kier alpha value is -4.24. The van der Waals surface area contributed by atoms with E-state index in [0.717, 1.165) is 0 Å². The van der Waals surface area contributed by atoms with Crippen LogP contribution in [0.1, 0.15) is 31.1 Å². The number of esters is 3. The molecule has 8 nitrogen and oxygen atoms in total. The minimum atomic E-state index is -0.821. The van der Waals surface area contributed by atoms with Gasteiger partial charge in [-0.2, -0.15) is 0 Å². The highest BCUT2D eigenvalue weighted by molar-refractivity contribution is 6.40. The molecule has 0 spiro atoms. The summed E-state index contributed by atoms with van der Waals surface area (Å²) in [5.74, 6) is -2.13. The summed E-state index contributed by atoms with van der Waals surface area (Å²) < 4.78 is 15.6. The van der Waals surface area contributed by atoms with Gasteiger partial charge in [0, 0.05) is 49.7 Å². The third-order valence-electron chi connectivity index (χ3n) is 6.65. The average Bonchev–Trinajstić information content (AvgIpc) is 2.96. The molecule has 0 bridgehead atoms. The molecule has 0 aliphatic heterocycles. The van der Waals surface area contributed by atoms with Gasteiger partial charge in [0.2, 0.25) is 0 Å². The molecule has 0 atom stereocenters. The Labute approximate surface area is 240 Å². The van der Waals surface area contributed by atoms with Crippen molar-refractivity contribution in [2.75, 3.05) is 14.2 Å². The van der Waals surface area contributed by atoms with Crippen molar-refractivity contribution in [1.82, 2.24) is 9.97 Å². The van der Waals surface area contributed by atoms with E-state index in [2.05, 4.69) is 9.97 Å². The molecule has 40 heavy (non-hydrogen) atoms. The van der Waals surface area contributed by atoms with Gasteiger partial charge >= 0.3 is 17.9 Å². The van der Waals surface area contributed by atoms with Gasteiger partial charge in [-0.25, -0.2) is 14.4 Å². The maximum absolute atomic E-state index is 13.6. The predicted molar refractivity (Wildman–Crippen MR) is 152 cm³/mol. The number of rotatable bonds is 4. The average molecular weight is 594 g/mol. The number of hydrogen-bond acceptors (Lipinski definition) is 8. The molecule has 6 aromatic rings. The lowest BCUT2D eigenvalue weighted by Crippen LogP contribution is -2.13. The molecular weight excluding hydrogens is 579 g/mol. The van der Waals surface area contributed by atoms with Gasteiger partial charge in [0.15, 0.2) is 5.75 Å². The summed E-state index contributed by atoms with van der Waals surface area (Å²) in [7, 11) is 2.53. The number of carbonyl (C=O) groups is 3. The maximum Gasteiger partial charge on any atom is 0.344 e. The molecule has 0 unspecified atom stereocenters. The number of methoxy groups -OCH3 is 2. The summed E-state index contributed by atoms with van der Waals surface area (Å²) in [4.78, 5) is 48.1. The Bertz CT molecular complexity index is 2020. The van der Waals surface area contributed by atoms with Gasteiger partial charge in [-0.1, -0.05) is 59.1 Å². The Balaban J connectivity index is 1.70. The minimum absolute atomic E-state index is 0.0367. The topological polar surface area (TPSA) is 105 Å². The largest absolute Gasteiger partial charge is 0.465 e. The molecule has 0 saturated heterocycles. The fourth-order valence-corrected chi connectivity index (χ4v) is 5.86. The van der Waals surface area contributed by atoms with E-state index in [4.69, 9.17) is 49.0 Å². The van der Waals surface area contributed by atoms with E-state index >= 15 is 0 Å². The fourth-order valence-electron chi connectivity index (χ4n) is 4.97. The van der Waals surface area contributed by atoms with Crippen LogP contribution in [0, 0.1) is 0 Å². The third kappa shape index (κ3) is 3.87. The van der Waals surface area contributed by atoms with Crippen molar-refractivity contribution in [3.05, 3.63) is 86.6 Å². The van der Waals surface area contributed by atoms with Crippen LogP contribution in [0.15, 0.2) is 54.9 Å². The van der Waals surface area contributed by atoms with E-state index in [1.807, 2.05) is 6.07 Å². The van der Waals surface area contributed by atoms with Gasteiger partial charge in [0.05, 0.1) is 52.0 Å². The number of fused-ring (bicyclic) bond motifs is 2. The summed E-state index contributed by atoms with van der Waals surface area (Å²) in [5, 5.41) is 3.66. The Morgan fingerprint density at radius 2 is 1.23 bits per heavy atom. The van der Waals surface area contributed by atoms with Gasteiger partial charge in [-0.05, 0) is 18.2 Å². The van der Waals surface area contributed by atoms with Crippen molar-refractivity contribution in [2.45, 2.75) is 0 Å². The van der Waals surface area contributed by atoms with E-state index in [1.165, 1.54) is 44.8 Å². The molecule has 0 fully saturated rings. The number of hydrogen-bond donors (Lipinski definition) is 0. The first-order valence-corrected chi connectivity index (χ1v) is 12.8. The molecule has 6 rings (SSSR count). The van der Waals surface area contributed by atoms with E-state index in [1.54, 1.807) is 18.2 Å². The predicted octanol–water partition coefficient (Wildman–Crippen LogP) is 7.28. The molecule has 0 radical (unpaired) electrons. The summed E-state index contributed by atoms with van der Waals surface area (Å²) in [6.07, 6.45) is 2.78. The van der Waals surface area contributed by atoms with Crippen LogP contribution in [0.2, 0.25) is 15.1 Å². The zero-order chi connectivity index (χ0) is 28.3. The highest BCUT2D eigenvalue weighted by atomic mass is 35.5. The lowest BCUT2D eigenvalue weighted by molar-refractivity contribution is 0.0593. The van der Waals surface area contributed by atoms with Gasteiger partial charge < -0.3 is 14.2 Å². The Kier molecular flexibility index (Phi) is 6.34. The number of benzene rings is 4. The fraction of sp³-hybridized carbons (Fsp3) is 0.0690. The van der Waals surface area contributed by atoms with Gasteiger partial charge in [-0.15, -0.1) is 0 Å². The number of ether oxygens (including phenoxy) is 3. The third-order valence-corrected chi connectivity index (χ3v) is 7.43. The SMILES string of the molecule is COC(=O)c1cnc2c3ccc(C(=O)Oc4c(Cl)cc(Cl)cc4Cl)c4c(C(=O)OC)cnc(c5cccc1c52)c43. The van der Waals surface area contributed by atoms with E-state index in [-0.39, 0.29) is 37.3 Å². The van der Waals surface area contributed by atoms with E-state index in [0.29, 0.717) is 43.5 Å². The summed E-state index contributed by atoms with van der Waals surface area (Å²) in [6, 6.07) is 11.4. The van der Waals surface area contributed by atoms with Crippen LogP contribution in [0.25, 0.3) is 43.4 Å². The molecule has 0 amide bonds. The van der Waals surface area contributed by atoms with Crippen molar-refractivity contribution in [3.8, 4) is 5.75 Å². The maximum atomic E-state index is 13.6. The van der Waals surface area contributed by atoms with Crippen LogP contribution in [-0.2, 0) is 9.47 Å². The second kappa shape index (κ2) is 9.75. The summed E-state index contributed by atoms with van der Waals surface area (Å²) in [5.41, 5.74) is 1.42. The molecule has 0 aliphatic carbocycles.